The molecule has 0 fully saturated rings. The van der Waals surface area contributed by atoms with Gasteiger partial charge in [0.2, 0.25) is 0 Å². The summed E-state index contributed by atoms with van der Waals surface area (Å²) in [6.07, 6.45) is 3.13. The fourth-order valence-electron chi connectivity index (χ4n) is 5.01. The molecule has 4 N–H and O–H groups in total. The van der Waals surface area contributed by atoms with Crippen molar-refractivity contribution in [2.75, 3.05) is 33.6 Å². The molecule has 194 valence electrons. The van der Waals surface area contributed by atoms with E-state index in [-0.39, 0.29) is 5.41 Å². The minimum absolute atomic E-state index is 0.0302. The lowest BCUT2D eigenvalue weighted by Crippen LogP contribution is -2.60. The SMILES string of the molecule is CNC1=CC(NC)(NC)Nc2ccc(-c3cccc(OC)c3)c(C(C=O)c3ccc(C(C)(C)C)cc3)c21. The maximum absolute atomic E-state index is 12.9. The van der Waals surface area contributed by atoms with Gasteiger partial charge in [-0.15, -0.1) is 0 Å². The topological polar surface area (TPSA) is 74.4 Å². The highest BCUT2D eigenvalue weighted by atomic mass is 16.5. The Morgan fingerprint density at radius 2 is 1.68 bits per heavy atom. The molecule has 3 aromatic rings. The second-order valence-electron chi connectivity index (χ2n) is 10.4. The molecule has 0 saturated heterocycles. The van der Waals surface area contributed by atoms with Crippen LogP contribution in [0.25, 0.3) is 16.8 Å². The zero-order valence-electron chi connectivity index (χ0n) is 22.8. The van der Waals surface area contributed by atoms with Crippen LogP contribution in [0.1, 0.15) is 48.9 Å². The Hall–Kier alpha value is -3.61. The molecular formula is C31H38N4O2. The third-order valence-corrected chi connectivity index (χ3v) is 7.23. The van der Waals surface area contributed by atoms with Crippen LogP contribution in [0.3, 0.4) is 0 Å². The molecule has 0 aliphatic carbocycles. The van der Waals surface area contributed by atoms with Crippen molar-refractivity contribution < 1.29 is 9.53 Å². The number of methoxy groups -OCH3 is 1. The number of ether oxygens (including phenoxy) is 1. The summed E-state index contributed by atoms with van der Waals surface area (Å²) in [6.45, 7) is 6.58. The van der Waals surface area contributed by atoms with Gasteiger partial charge in [0.15, 0.2) is 5.79 Å². The van der Waals surface area contributed by atoms with E-state index in [4.69, 9.17) is 4.74 Å². The van der Waals surface area contributed by atoms with E-state index in [9.17, 15) is 4.79 Å². The summed E-state index contributed by atoms with van der Waals surface area (Å²) in [7, 11) is 7.37. The second kappa shape index (κ2) is 10.4. The van der Waals surface area contributed by atoms with Crippen molar-refractivity contribution in [1.82, 2.24) is 16.0 Å². The van der Waals surface area contributed by atoms with Crippen LogP contribution in [0.5, 0.6) is 5.75 Å². The zero-order chi connectivity index (χ0) is 26.8. The second-order valence-corrected chi connectivity index (χ2v) is 10.4. The monoisotopic (exact) mass is 498 g/mol. The molecule has 37 heavy (non-hydrogen) atoms. The Morgan fingerprint density at radius 3 is 2.24 bits per heavy atom. The summed E-state index contributed by atoms with van der Waals surface area (Å²) in [6, 6.07) is 20.6. The van der Waals surface area contributed by atoms with E-state index in [0.717, 1.165) is 51.2 Å². The molecule has 6 heteroatoms. The molecule has 1 unspecified atom stereocenters. The fraction of sp³-hybridized carbons (Fsp3) is 0.323. The number of nitrogens with one attached hydrogen (secondary N) is 4. The number of carbonyl (C=O) groups is 1. The zero-order valence-corrected chi connectivity index (χ0v) is 22.8. The van der Waals surface area contributed by atoms with Crippen molar-refractivity contribution >= 4 is 17.7 Å². The lowest BCUT2D eigenvalue weighted by atomic mass is 9.79. The van der Waals surface area contributed by atoms with Crippen molar-refractivity contribution in [1.29, 1.82) is 0 Å². The summed E-state index contributed by atoms with van der Waals surface area (Å²) in [5.41, 5.74) is 7.96. The van der Waals surface area contributed by atoms with Crippen LogP contribution in [0.2, 0.25) is 0 Å². The lowest BCUT2D eigenvalue weighted by molar-refractivity contribution is -0.108. The van der Waals surface area contributed by atoms with E-state index < -0.39 is 11.7 Å². The molecule has 6 nitrogen and oxygen atoms in total. The average molecular weight is 499 g/mol. The predicted molar refractivity (Wildman–Crippen MR) is 153 cm³/mol. The first kappa shape index (κ1) is 26.5. The van der Waals surface area contributed by atoms with Crippen LogP contribution in [0.15, 0.2) is 66.7 Å². The Labute approximate surface area is 220 Å². The molecule has 0 spiro atoms. The quantitative estimate of drug-likeness (QED) is 0.257. The van der Waals surface area contributed by atoms with Crippen LogP contribution in [0, 0.1) is 0 Å². The summed E-state index contributed by atoms with van der Waals surface area (Å²) in [5, 5.41) is 13.6. The van der Waals surface area contributed by atoms with Crippen molar-refractivity contribution in [3.63, 3.8) is 0 Å². The number of benzene rings is 3. The van der Waals surface area contributed by atoms with Crippen LogP contribution < -0.4 is 26.0 Å². The maximum Gasteiger partial charge on any atom is 0.165 e. The number of hydrogen-bond acceptors (Lipinski definition) is 6. The summed E-state index contributed by atoms with van der Waals surface area (Å²) < 4.78 is 5.52. The minimum atomic E-state index is -0.634. The molecule has 0 amide bonds. The molecule has 4 rings (SSSR count). The largest absolute Gasteiger partial charge is 0.497 e. The summed E-state index contributed by atoms with van der Waals surface area (Å²) >= 11 is 0. The van der Waals surface area contributed by atoms with Crippen molar-refractivity contribution in [3.8, 4) is 16.9 Å². The first-order valence-corrected chi connectivity index (χ1v) is 12.6. The third kappa shape index (κ3) is 4.99. The van der Waals surface area contributed by atoms with Crippen molar-refractivity contribution in [3.05, 3.63) is 89.0 Å². The van der Waals surface area contributed by atoms with E-state index in [1.54, 1.807) is 7.11 Å². The molecule has 1 aliphatic rings. The van der Waals surface area contributed by atoms with Gasteiger partial charge in [0.05, 0.1) is 13.0 Å². The van der Waals surface area contributed by atoms with Gasteiger partial charge in [-0.3, -0.25) is 10.6 Å². The van der Waals surface area contributed by atoms with Crippen molar-refractivity contribution in [2.45, 2.75) is 37.9 Å². The number of rotatable bonds is 8. The standard InChI is InChI=1S/C31H38N4O2/c1-30(2,3)22-13-11-20(12-14-22)25(19-36)28-24(21-9-8-10-23(17-21)37-7)15-16-26-29(28)27(32-4)18-31(33-5,34-6)35-26/h8-19,25,32-35H,1-7H3. The lowest BCUT2D eigenvalue weighted by Gasteiger charge is -2.39. The minimum Gasteiger partial charge on any atom is -0.497 e. The van der Waals surface area contributed by atoms with Gasteiger partial charge >= 0.3 is 0 Å². The van der Waals surface area contributed by atoms with Gasteiger partial charge in [0.25, 0.3) is 0 Å². The molecule has 0 aromatic heterocycles. The van der Waals surface area contributed by atoms with E-state index >= 15 is 0 Å². The molecule has 1 atom stereocenters. The number of likely N-dealkylation sites (N-methyl/N-ethyl adjacent to an activating group) is 2. The van der Waals surface area contributed by atoms with Gasteiger partial charge < -0.3 is 20.2 Å². The third-order valence-electron chi connectivity index (χ3n) is 7.23. The highest BCUT2D eigenvalue weighted by Crippen LogP contribution is 2.44. The van der Waals surface area contributed by atoms with Crippen molar-refractivity contribution in [2.24, 2.45) is 0 Å². The van der Waals surface area contributed by atoms with Crippen LogP contribution >= 0.6 is 0 Å². The van der Waals surface area contributed by atoms with E-state index in [0.29, 0.717) is 0 Å². The maximum atomic E-state index is 12.9. The van der Waals surface area contributed by atoms with Crippen LogP contribution in [-0.4, -0.2) is 40.3 Å². The molecule has 3 aromatic carbocycles. The van der Waals surface area contributed by atoms with Gasteiger partial charge in [-0.1, -0.05) is 63.2 Å². The molecule has 0 saturated carbocycles. The Morgan fingerprint density at radius 1 is 0.973 bits per heavy atom. The Bertz CT molecular complexity index is 1300. The fourth-order valence-corrected chi connectivity index (χ4v) is 5.01. The molecular weight excluding hydrogens is 460 g/mol. The first-order chi connectivity index (χ1) is 17.7. The molecule has 1 heterocycles. The van der Waals surface area contributed by atoms with Gasteiger partial charge in [-0.05, 0) is 71.6 Å². The normalized spacial score (nSPS) is 15.2. The van der Waals surface area contributed by atoms with Gasteiger partial charge in [0.1, 0.15) is 12.0 Å². The highest BCUT2D eigenvalue weighted by Gasteiger charge is 2.34. The summed E-state index contributed by atoms with van der Waals surface area (Å²) in [4.78, 5) is 12.9. The van der Waals surface area contributed by atoms with E-state index in [2.05, 4.69) is 90.6 Å². The number of aldehydes is 1. The van der Waals surface area contributed by atoms with Crippen LogP contribution in [-0.2, 0) is 10.2 Å². The number of carbonyl (C=O) groups excluding carboxylic acids is 1. The molecule has 0 radical (unpaired) electrons. The molecule has 1 aliphatic heterocycles. The highest BCUT2D eigenvalue weighted by molar-refractivity contribution is 5.91. The Balaban J connectivity index is 2.00. The predicted octanol–water partition coefficient (Wildman–Crippen LogP) is 5.07. The van der Waals surface area contributed by atoms with Crippen LogP contribution in [0.4, 0.5) is 5.69 Å². The molecule has 0 bridgehead atoms. The Kier molecular flexibility index (Phi) is 7.44. The number of hydrogen-bond donors (Lipinski definition) is 4. The average Bonchev–Trinajstić information content (AvgIpc) is 2.92. The first-order valence-electron chi connectivity index (χ1n) is 12.6. The smallest absolute Gasteiger partial charge is 0.165 e. The van der Waals surface area contributed by atoms with Gasteiger partial charge in [-0.2, -0.15) is 0 Å². The van der Waals surface area contributed by atoms with Gasteiger partial charge in [0, 0.05) is 24.0 Å². The number of fused-ring (bicyclic) bond motifs is 1. The summed E-state index contributed by atoms with van der Waals surface area (Å²) in [5.74, 6) is -0.337. The van der Waals surface area contributed by atoms with E-state index in [1.807, 2.05) is 39.3 Å². The van der Waals surface area contributed by atoms with Gasteiger partial charge in [-0.25, -0.2) is 0 Å². The number of anilines is 1. The van der Waals surface area contributed by atoms with E-state index in [1.165, 1.54) is 5.56 Å².